The summed E-state index contributed by atoms with van der Waals surface area (Å²) < 4.78 is 65.6. The van der Waals surface area contributed by atoms with E-state index in [0.29, 0.717) is 32.1 Å². The molecule has 0 saturated carbocycles. The summed E-state index contributed by atoms with van der Waals surface area (Å²) in [5.74, 6) is -1.01. The molecule has 290 valence electrons. The van der Waals surface area contributed by atoms with Crippen LogP contribution in [0.2, 0.25) is 0 Å². The zero-order valence-electron chi connectivity index (χ0n) is 30.4. The van der Waals surface area contributed by atoms with Crippen LogP contribution in [0.25, 0.3) is 0 Å². The van der Waals surface area contributed by atoms with Crippen LogP contribution in [0.5, 0.6) is 0 Å². The first-order valence-corrected chi connectivity index (χ1v) is 19.8. The van der Waals surface area contributed by atoms with E-state index in [-0.39, 0.29) is 79.8 Å². The van der Waals surface area contributed by atoms with Crippen molar-refractivity contribution in [1.82, 2.24) is 0 Å². The summed E-state index contributed by atoms with van der Waals surface area (Å²) in [7, 11) is 1.55. The Morgan fingerprint density at radius 3 is 2.37 bits per heavy atom. The number of rotatable bonds is 4. The van der Waals surface area contributed by atoms with Gasteiger partial charge >= 0.3 is 5.97 Å². The van der Waals surface area contributed by atoms with Gasteiger partial charge < -0.3 is 57.6 Å². The normalized spacial score (nSPS) is 52.2. The van der Waals surface area contributed by atoms with Crippen molar-refractivity contribution in [2.75, 3.05) is 13.7 Å². The van der Waals surface area contributed by atoms with Crippen molar-refractivity contribution in [2.24, 2.45) is 5.92 Å². The molecule has 0 radical (unpaired) electrons. The molecule has 0 aromatic rings. The predicted octanol–water partition coefficient (Wildman–Crippen LogP) is 2.81. The van der Waals surface area contributed by atoms with Gasteiger partial charge in [-0.2, -0.15) is 0 Å². The first-order valence-electron chi connectivity index (χ1n) is 19.8. The molecule has 1 spiro atoms. The van der Waals surface area contributed by atoms with E-state index in [4.69, 9.17) is 47.4 Å². The zero-order valence-corrected chi connectivity index (χ0v) is 30.4. The molecule has 13 heteroatoms. The summed E-state index contributed by atoms with van der Waals surface area (Å²) in [6.07, 6.45) is 1.15. The lowest BCUT2D eigenvalue weighted by Crippen LogP contribution is -2.61. The number of aliphatic hydroxyl groups is 2. The van der Waals surface area contributed by atoms with Crippen LogP contribution in [0, 0.1) is 5.92 Å². The highest BCUT2D eigenvalue weighted by Crippen LogP contribution is 2.54. The predicted molar refractivity (Wildman–Crippen MR) is 181 cm³/mol. The molecule has 0 aliphatic carbocycles. The number of aliphatic hydroxyl groups excluding tert-OH is 2. The second-order valence-corrected chi connectivity index (χ2v) is 16.9. The van der Waals surface area contributed by atoms with Crippen molar-refractivity contribution < 1.29 is 62.4 Å². The summed E-state index contributed by atoms with van der Waals surface area (Å²) in [4.78, 5) is 13.8. The first-order chi connectivity index (χ1) is 25.1. The molecule has 10 aliphatic heterocycles. The minimum Gasteiger partial charge on any atom is -0.457 e. The lowest BCUT2D eigenvalue weighted by molar-refractivity contribution is -0.293. The number of ether oxygens (including phenoxy) is 10. The number of hydrogen-bond acceptors (Lipinski definition) is 13. The number of fused-ring (bicyclic) bond motifs is 6. The molecular weight excluding hydrogens is 676 g/mol. The fourth-order valence-electron chi connectivity index (χ4n) is 10.8. The monoisotopic (exact) mass is 732 g/mol. The topological polar surface area (TPSA) is 150 Å². The Kier molecular flexibility index (Phi) is 9.89. The van der Waals surface area contributed by atoms with Crippen LogP contribution in [0.4, 0.5) is 0 Å². The van der Waals surface area contributed by atoms with E-state index in [1.807, 2.05) is 0 Å². The van der Waals surface area contributed by atoms with Crippen molar-refractivity contribution in [3.05, 3.63) is 24.3 Å². The van der Waals surface area contributed by atoms with Crippen molar-refractivity contribution in [1.29, 1.82) is 0 Å². The van der Waals surface area contributed by atoms with Gasteiger partial charge in [0.15, 0.2) is 11.9 Å². The van der Waals surface area contributed by atoms with Gasteiger partial charge in [-0.3, -0.25) is 4.79 Å². The van der Waals surface area contributed by atoms with Crippen LogP contribution in [-0.2, 0) is 52.2 Å². The Balaban J connectivity index is 0.994. The minimum atomic E-state index is -1.01. The Bertz CT molecular complexity index is 1380. The molecule has 10 fully saturated rings. The molecule has 2 unspecified atom stereocenters. The molecule has 2 N–H and O–H groups in total. The molecule has 10 saturated heterocycles. The molecule has 0 aromatic heterocycles. The number of carbonyl (C=O) groups excluding carboxylic acids is 1. The lowest BCUT2D eigenvalue weighted by Gasteiger charge is -2.47. The SMILES string of the molecule is C=C1C[C@@H]2CC[C@@]34C[C@H]5O[C@@H]6C(O[C@H]7CC[C@H](CC(=O)O[C@@H]8[C@H](OC)[C@H](CC(O)CO)O[C@H]8C[C@H]8O[C@@H](CC[C@@H]1O2)C[C@@H](C)C8=C)O[C@@H]7[C@@H]6O3)[C@H]5O4. The van der Waals surface area contributed by atoms with Gasteiger partial charge in [-0.25, -0.2) is 0 Å². The Labute approximate surface area is 305 Å². The Morgan fingerprint density at radius 2 is 1.54 bits per heavy atom. The van der Waals surface area contributed by atoms with E-state index < -0.39 is 61.1 Å². The van der Waals surface area contributed by atoms with Crippen molar-refractivity contribution in [2.45, 2.75) is 194 Å². The van der Waals surface area contributed by atoms with Crippen LogP contribution in [-0.4, -0.2) is 139 Å². The van der Waals surface area contributed by atoms with Gasteiger partial charge in [-0.1, -0.05) is 20.1 Å². The molecule has 10 heterocycles. The number of carbonyl (C=O) groups is 1. The summed E-state index contributed by atoms with van der Waals surface area (Å²) >= 11 is 0. The number of hydrogen-bond donors (Lipinski definition) is 2. The smallest absolute Gasteiger partial charge is 0.308 e. The second-order valence-electron chi connectivity index (χ2n) is 16.9. The van der Waals surface area contributed by atoms with E-state index in [1.54, 1.807) is 7.11 Å². The highest BCUT2D eigenvalue weighted by molar-refractivity contribution is 5.70. The fraction of sp³-hybridized carbons (Fsp3) is 0.872. The number of methoxy groups -OCH3 is 1. The summed E-state index contributed by atoms with van der Waals surface area (Å²) in [5.41, 5.74) is 2.10. The molecule has 19 atom stereocenters. The third kappa shape index (κ3) is 6.53. The van der Waals surface area contributed by atoms with Gasteiger partial charge in [-0.15, -0.1) is 0 Å². The summed E-state index contributed by atoms with van der Waals surface area (Å²) in [6.45, 7) is 10.6. The van der Waals surface area contributed by atoms with Crippen LogP contribution in [0.1, 0.15) is 84.0 Å². The fourth-order valence-corrected chi connectivity index (χ4v) is 10.8. The maximum atomic E-state index is 13.8. The minimum absolute atomic E-state index is 0.0122. The molecule has 52 heavy (non-hydrogen) atoms. The highest BCUT2D eigenvalue weighted by atomic mass is 16.8. The molecular formula is C39H56O13. The van der Waals surface area contributed by atoms with Crippen molar-refractivity contribution in [3.63, 3.8) is 0 Å². The molecule has 0 aromatic carbocycles. The maximum absolute atomic E-state index is 13.8. The van der Waals surface area contributed by atoms with Gasteiger partial charge in [0.1, 0.15) is 42.7 Å². The zero-order chi connectivity index (χ0) is 35.9. The van der Waals surface area contributed by atoms with Crippen molar-refractivity contribution in [3.8, 4) is 0 Å². The van der Waals surface area contributed by atoms with Gasteiger partial charge in [0.2, 0.25) is 0 Å². The van der Waals surface area contributed by atoms with E-state index >= 15 is 0 Å². The van der Waals surface area contributed by atoms with Crippen LogP contribution < -0.4 is 0 Å². The molecule has 10 rings (SSSR count). The summed E-state index contributed by atoms with van der Waals surface area (Å²) in [6, 6.07) is 0. The Morgan fingerprint density at radius 1 is 0.788 bits per heavy atom. The largest absolute Gasteiger partial charge is 0.457 e. The van der Waals surface area contributed by atoms with Gasteiger partial charge in [-0.05, 0) is 62.0 Å². The Hall–Kier alpha value is -1.49. The quantitative estimate of drug-likeness (QED) is 0.323. The molecule has 13 nitrogen and oxygen atoms in total. The average Bonchev–Trinajstić information content (AvgIpc) is 3.79. The van der Waals surface area contributed by atoms with Gasteiger partial charge in [0.25, 0.3) is 0 Å². The van der Waals surface area contributed by atoms with Gasteiger partial charge in [0.05, 0.1) is 68.0 Å². The first kappa shape index (κ1) is 36.2. The molecule has 10 aliphatic rings. The van der Waals surface area contributed by atoms with E-state index in [1.165, 1.54) is 0 Å². The van der Waals surface area contributed by atoms with Crippen molar-refractivity contribution >= 4 is 5.97 Å². The third-order valence-corrected chi connectivity index (χ3v) is 13.5. The molecule has 12 bridgehead atoms. The third-order valence-electron chi connectivity index (χ3n) is 13.5. The standard InChI is InChI=1S/C39H56O13/c1-18-11-22-5-7-25-19(2)12-24(44-25)9-10-39-16-30-35(51-39)36-37(49-30)38(52-39)33-26(48-36)8-6-23(46-33)14-31(42)50-34-29(15-27(45-22)20(18)3)47-28(32(34)43-4)13-21(41)17-40/h18,21-30,32-38,40-41H,2-3,5-17H2,1,4H3/t18-,21?,22+,23-,24+,25+,26+,27-,28+,29+,30-,32-,33+,34+,35+,36?,37-,38+,39+/m1/s1. The number of esters is 1. The van der Waals surface area contributed by atoms with Gasteiger partial charge in [0, 0.05) is 32.8 Å². The van der Waals surface area contributed by atoms with E-state index in [2.05, 4.69) is 20.1 Å². The average molecular weight is 733 g/mol. The second kappa shape index (κ2) is 14.2. The van der Waals surface area contributed by atoms with Crippen LogP contribution >= 0.6 is 0 Å². The summed E-state index contributed by atoms with van der Waals surface area (Å²) in [5, 5.41) is 20.0. The van der Waals surface area contributed by atoms with Crippen LogP contribution in [0.15, 0.2) is 24.3 Å². The van der Waals surface area contributed by atoms with E-state index in [9.17, 15) is 15.0 Å². The maximum Gasteiger partial charge on any atom is 0.308 e. The molecule has 0 amide bonds. The lowest BCUT2D eigenvalue weighted by atomic mass is 9.84. The van der Waals surface area contributed by atoms with E-state index in [0.717, 1.165) is 43.3 Å². The highest BCUT2D eigenvalue weighted by Gasteiger charge is 2.68. The van der Waals surface area contributed by atoms with Crippen LogP contribution in [0.3, 0.4) is 0 Å².